The molecule has 3 nitrogen and oxygen atoms in total. The Morgan fingerprint density at radius 3 is 2.68 bits per heavy atom. The van der Waals surface area contributed by atoms with Crippen LogP contribution in [0.4, 0.5) is 0 Å². The molecule has 0 aliphatic carbocycles. The fourth-order valence-corrected chi connectivity index (χ4v) is 2.58. The van der Waals surface area contributed by atoms with E-state index in [-0.39, 0.29) is 5.91 Å². The topological polar surface area (TPSA) is 42.0 Å². The lowest BCUT2D eigenvalue weighted by molar-refractivity contribution is -0.116. The van der Waals surface area contributed by atoms with Crippen LogP contribution >= 0.6 is 11.3 Å². The Kier molecular flexibility index (Phi) is 4.47. The van der Waals surface area contributed by atoms with Gasteiger partial charge >= 0.3 is 0 Å². The number of thiazole rings is 1. The van der Waals surface area contributed by atoms with Gasteiger partial charge in [0.15, 0.2) is 0 Å². The van der Waals surface area contributed by atoms with E-state index in [0.29, 0.717) is 6.54 Å². The standard InChI is InChI=1S/C15H16N2OS/c1-11-14(19-12(2)17-11)10-16-15(18)9-8-13-6-4-3-5-7-13/h3-9H,10H2,1-2H3,(H,16,18)/b9-8+. The molecule has 2 aromatic rings. The number of hydrogen-bond donors (Lipinski definition) is 1. The predicted octanol–water partition coefficient (Wildman–Crippen LogP) is 3.09. The Bertz CT molecular complexity index is 587. The molecule has 1 amide bonds. The van der Waals surface area contributed by atoms with E-state index in [2.05, 4.69) is 10.3 Å². The molecular weight excluding hydrogens is 256 g/mol. The second-order valence-corrected chi connectivity index (χ2v) is 5.49. The zero-order valence-corrected chi connectivity index (χ0v) is 11.8. The van der Waals surface area contributed by atoms with E-state index < -0.39 is 0 Å². The molecule has 0 unspecified atom stereocenters. The molecule has 0 fully saturated rings. The SMILES string of the molecule is Cc1nc(C)c(CNC(=O)/C=C/c2ccccc2)s1. The predicted molar refractivity (Wildman–Crippen MR) is 78.9 cm³/mol. The maximum absolute atomic E-state index is 11.7. The largest absolute Gasteiger partial charge is 0.348 e. The van der Waals surface area contributed by atoms with Crippen LogP contribution in [0.1, 0.15) is 21.1 Å². The molecule has 1 aromatic carbocycles. The van der Waals surface area contributed by atoms with Gasteiger partial charge in [0.2, 0.25) is 5.91 Å². The van der Waals surface area contributed by atoms with Crippen molar-refractivity contribution in [2.75, 3.05) is 0 Å². The molecule has 1 aromatic heterocycles. The normalized spacial score (nSPS) is 10.8. The van der Waals surface area contributed by atoms with E-state index in [4.69, 9.17) is 0 Å². The number of hydrogen-bond acceptors (Lipinski definition) is 3. The van der Waals surface area contributed by atoms with Crippen molar-refractivity contribution >= 4 is 23.3 Å². The van der Waals surface area contributed by atoms with Gasteiger partial charge in [0, 0.05) is 11.0 Å². The molecule has 0 aliphatic heterocycles. The van der Waals surface area contributed by atoms with Crippen molar-refractivity contribution in [2.24, 2.45) is 0 Å². The quantitative estimate of drug-likeness (QED) is 0.869. The Morgan fingerprint density at radius 2 is 2.05 bits per heavy atom. The zero-order chi connectivity index (χ0) is 13.7. The van der Waals surface area contributed by atoms with Gasteiger partial charge in [-0.3, -0.25) is 4.79 Å². The highest BCUT2D eigenvalue weighted by atomic mass is 32.1. The van der Waals surface area contributed by atoms with Crippen LogP contribution in [0.2, 0.25) is 0 Å². The highest BCUT2D eigenvalue weighted by Gasteiger charge is 2.05. The van der Waals surface area contributed by atoms with Crippen LogP contribution in [0.15, 0.2) is 36.4 Å². The summed E-state index contributed by atoms with van der Waals surface area (Å²) in [6.45, 7) is 4.47. The average Bonchev–Trinajstić information content (AvgIpc) is 2.73. The van der Waals surface area contributed by atoms with Crippen LogP contribution in [0.3, 0.4) is 0 Å². The third kappa shape index (κ3) is 4.03. The molecule has 1 heterocycles. The summed E-state index contributed by atoms with van der Waals surface area (Å²) >= 11 is 1.62. The summed E-state index contributed by atoms with van der Waals surface area (Å²) < 4.78 is 0. The summed E-state index contributed by atoms with van der Waals surface area (Å²) in [4.78, 5) is 17.1. The van der Waals surface area contributed by atoms with E-state index in [1.807, 2.05) is 44.2 Å². The van der Waals surface area contributed by atoms with Crippen LogP contribution in [0.25, 0.3) is 6.08 Å². The van der Waals surface area contributed by atoms with Crippen molar-refractivity contribution in [2.45, 2.75) is 20.4 Å². The number of aryl methyl sites for hydroxylation is 2. The molecular formula is C15H16N2OS. The summed E-state index contributed by atoms with van der Waals surface area (Å²) in [6, 6.07) is 9.76. The number of rotatable bonds is 4. The summed E-state index contributed by atoms with van der Waals surface area (Å²) in [6.07, 6.45) is 3.36. The first kappa shape index (κ1) is 13.5. The lowest BCUT2D eigenvalue weighted by atomic mass is 10.2. The number of carbonyl (C=O) groups is 1. The van der Waals surface area contributed by atoms with Gasteiger partial charge in [-0.25, -0.2) is 4.98 Å². The minimum absolute atomic E-state index is 0.0886. The summed E-state index contributed by atoms with van der Waals surface area (Å²) in [5.41, 5.74) is 2.01. The van der Waals surface area contributed by atoms with Crippen LogP contribution in [-0.2, 0) is 11.3 Å². The van der Waals surface area contributed by atoms with E-state index in [1.165, 1.54) is 0 Å². The first-order valence-corrected chi connectivity index (χ1v) is 6.90. The number of nitrogens with zero attached hydrogens (tertiary/aromatic N) is 1. The number of amides is 1. The molecule has 2 rings (SSSR count). The fourth-order valence-electron chi connectivity index (χ4n) is 1.70. The van der Waals surface area contributed by atoms with Gasteiger partial charge in [0.25, 0.3) is 0 Å². The molecule has 0 bridgehead atoms. The zero-order valence-electron chi connectivity index (χ0n) is 11.0. The highest BCUT2D eigenvalue weighted by Crippen LogP contribution is 2.16. The Labute approximate surface area is 117 Å². The molecule has 0 radical (unpaired) electrons. The molecule has 0 saturated carbocycles. The number of benzene rings is 1. The van der Waals surface area contributed by atoms with Crippen molar-refractivity contribution in [1.82, 2.24) is 10.3 Å². The fraction of sp³-hybridized carbons (Fsp3) is 0.200. The smallest absolute Gasteiger partial charge is 0.244 e. The minimum atomic E-state index is -0.0886. The summed E-state index contributed by atoms with van der Waals surface area (Å²) in [5.74, 6) is -0.0886. The van der Waals surface area contributed by atoms with Gasteiger partial charge in [-0.05, 0) is 25.5 Å². The van der Waals surface area contributed by atoms with Crippen molar-refractivity contribution in [3.63, 3.8) is 0 Å². The molecule has 0 atom stereocenters. The molecule has 0 aliphatic rings. The van der Waals surface area contributed by atoms with Gasteiger partial charge in [-0.2, -0.15) is 0 Å². The average molecular weight is 272 g/mol. The van der Waals surface area contributed by atoms with Gasteiger partial charge in [-0.15, -0.1) is 11.3 Å². The van der Waals surface area contributed by atoms with Crippen molar-refractivity contribution in [3.8, 4) is 0 Å². The van der Waals surface area contributed by atoms with E-state index >= 15 is 0 Å². The lowest BCUT2D eigenvalue weighted by Gasteiger charge is -2.00. The minimum Gasteiger partial charge on any atom is -0.348 e. The Hall–Kier alpha value is -1.94. The number of aromatic nitrogens is 1. The monoisotopic (exact) mass is 272 g/mol. The van der Waals surface area contributed by atoms with Gasteiger partial charge in [0.05, 0.1) is 17.2 Å². The van der Waals surface area contributed by atoms with Crippen LogP contribution in [-0.4, -0.2) is 10.9 Å². The van der Waals surface area contributed by atoms with E-state index in [1.54, 1.807) is 23.5 Å². The van der Waals surface area contributed by atoms with Crippen LogP contribution in [0, 0.1) is 13.8 Å². The first-order chi connectivity index (χ1) is 9.15. The van der Waals surface area contributed by atoms with Crippen LogP contribution in [0.5, 0.6) is 0 Å². The van der Waals surface area contributed by atoms with Crippen molar-refractivity contribution < 1.29 is 4.79 Å². The second kappa shape index (κ2) is 6.29. The first-order valence-electron chi connectivity index (χ1n) is 6.09. The molecule has 4 heteroatoms. The summed E-state index contributed by atoms with van der Waals surface area (Å²) in [5, 5.41) is 3.90. The number of nitrogens with one attached hydrogen (secondary N) is 1. The van der Waals surface area contributed by atoms with E-state index in [9.17, 15) is 4.79 Å². The lowest BCUT2D eigenvalue weighted by Crippen LogP contribution is -2.20. The van der Waals surface area contributed by atoms with E-state index in [0.717, 1.165) is 21.1 Å². The maximum Gasteiger partial charge on any atom is 0.244 e. The van der Waals surface area contributed by atoms with Gasteiger partial charge in [0.1, 0.15) is 0 Å². The van der Waals surface area contributed by atoms with Crippen LogP contribution < -0.4 is 5.32 Å². The third-order valence-electron chi connectivity index (χ3n) is 2.65. The molecule has 0 saturated heterocycles. The molecule has 98 valence electrons. The molecule has 0 spiro atoms. The summed E-state index contributed by atoms with van der Waals surface area (Å²) in [7, 11) is 0. The van der Waals surface area contributed by atoms with Crippen molar-refractivity contribution in [1.29, 1.82) is 0 Å². The van der Waals surface area contributed by atoms with Gasteiger partial charge in [-0.1, -0.05) is 30.3 Å². The maximum atomic E-state index is 11.7. The number of carbonyl (C=O) groups excluding carboxylic acids is 1. The third-order valence-corrected chi connectivity index (χ3v) is 3.72. The Morgan fingerprint density at radius 1 is 1.32 bits per heavy atom. The van der Waals surface area contributed by atoms with Crippen molar-refractivity contribution in [3.05, 3.63) is 57.6 Å². The second-order valence-electron chi connectivity index (χ2n) is 4.20. The molecule has 1 N–H and O–H groups in total. The molecule has 19 heavy (non-hydrogen) atoms. The Balaban J connectivity index is 1.88. The van der Waals surface area contributed by atoms with Gasteiger partial charge < -0.3 is 5.32 Å². The highest BCUT2D eigenvalue weighted by molar-refractivity contribution is 7.11.